The molecule has 0 aliphatic rings. The maximum absolute atomic E-state index is 14.6. The van der Waals surface area contributed by atoms with E-state index in [1.807, 2.05) is 44.2 Å². The smallest absolute Gasteiger partial charge is 0.226 e. The molecule has 0 radical (unpaired) electrons. The molecule has 0 fully saturated rings. The molecular weight excluding hydrogens is 407 g/mol. The Kier molecular flexibility index (Phi) is 6.30. The monoisotopic (exact) mass is 432 g/mol. The number of nitrogens with zero attached hydrogens (tertiary/aromatic N) is 4. The summed E-state index contributed by atoms with van der Waals surface area (Å²) in [4.78, 5) is 12.9. The lowest BCUT2D eigenvalue weighted by atomic mass is 10.1. The minimum atomic E-state index is -0.306. The Morgan fingerprint density at radius 2 is 1.88 bits per heavy atom. The zero-order chi connectivity index (χ0) is 22.5. The largest absolute Gasteiger partial charge is 0.444 e. The van der Waals surface area contributed by atoms with E-state index < -0.39 is 0 Å². The molecule has 0 bridgehead atoms. The number of imidazole rings is 1. The van der Waals surface area contributed by atoms with Crippen molar-refractivity contribution in [3.05, 3.63) is 89.6 Å². The van der Waals surface area contributed by atoms with E-state index in [2.05, 4.69) is 25.6 Å². The van der Waals surface area contributed by atoms with E-state index in [1.165, 1.54) is 11.6 Å². The van der Waals surface area contributed by atoms with Crippen molar-refractivity contribution in [2.45, 2.75) is 26.9 Å². The first kappa shape index (κ1) is 21.3. The molecule has 164 valence electrons. The predicted molar refractivity (Wildman–Crippen MR) is 122 cm³/mol. The summed E-state index contributed by atoms with van der Waals surface area (Å²) < 4.78 is 21.9. The van der Waals surface area contributed by atoms with Gasteiger partial charge in [-0.2, -0.15) is 0 Å². The molecule has 2 aromatic carbocycles. The Morgan fingerprint density at radius 3 is 2.56 bits per heavy atom. The lowest BCUT2D eigenvalue weighted by Gasteiger charge is -2.12. The molecule has 0 aliphatic carbocycles. The number of aryl methyl sites for hydroxylation is 2. The fraction of sp³-hybridized carbons (Fsp3) is 0.208. The Morgan fingerprint density at radius 1 is 1.09 bits per heavy atom. The Bertz CT molecular complexity index is 1230. The minimum absolute atomic E-state index is 0.306. The van der Waals surface area contributed by atoms with Gasteiger partial charge in [0.2, 0.25) is 5.89 Å². The zero-order valence-corrected chi connectivity index (χ0v) is 18.3. The number of guanidine groups is 1. The summed E-state index contributed by atoms with van der Waals surface area (Å²) in [6.07, 6.45) is 5.02. The molecule has 2 N–H and O–H groups in total. The molecule has 8 heteroatoms. The summed E-state index contributed by atoms with van der Waals surface area (Å²) >= 11 is 0. The van der Waals surface area contributed by atoms with Crippen LogP contribution in [0.5, 0.6) is 0 Å². The summed E-state index contributed by atoms with van der Waals surface area (Å²) in [5, 5.41) is 6.38. The summed E-state index contributed by atoms with van der Waals surface area (Å²) in [7, 11) is 1.68. The maximum atomic E-state index is 14.6. The molecule has 0 atom stereocenters. The van der Waals surface area contributed by atoms with Crippen LogP contribution in [-0.2, 0) is 13.1 Å². The number of oxazole rings is 1. The standard InChI is InChI=1S/C24H25FN6O/c1-16-4-7-19(8-5-16)23-30-20(15-32-23)14-29-24(26-3)28-13-18-6-9-22(21(25)12-18)31-11-10-27-17(31)2/h4-12,15H,13-14H2,1-3H3,(H2,26,28,29). The highest BCUT2D eigenvalue weighted by Gasteiger charge is 2.10. The van der Waals surface area contributed by atoms with Crippen LogP contribution in [0.25, 0.3) is 17.1 Å². The van der Waals surface area contributed by atoms with Gasteiger partial charge < -0.3 is 19.6 Å². The van der Waals surface area contributed by atoms with Crippen molar-refractivity contribution in [3.63, 3.8) is 0 Å². The van der Waals surface area contributed by atoms with E-state index in [1.54, 1.807) is 36.3 Å². The number of rotatable bonds is 6. The van der Waals surface area contributed by atoms with Crippen LogP contribution in [-0.4, -0.2) is 27.5 Å². The molecule has 0 saturated heterocycles. The van der Waals surface area contributed by atoms with Gasteiger partial charge in [-0.25, -0.2) is 14.4 Å². The maximum Gasteiger partial charge on any atom is 0.226 e. The van der Waals surface area contributed by atoms with Crippen LogP contribution in [0.1, 0.15) is 22.6 Å². The molecule has 0 amide bonds. The highest BCUT2D eigenvalue weighted by atomic mass is 19.1. The van der Waals surface area contributed by atoms with Crippen LogP contribution < -0.4 is 10.6 Å². The highest BCUT2D eigenvalue weighted by Crippen LogP contribution is 2.19. The third-order valence-corrected chi connectivity index (χ3v) is 5.07. The average Bonchev–Trinajstić information content (AvgIpc) is 3.44. The summed E-state index contributed by atoms with van der Waals surface area (Å²) in [6, 6.07) is 13.2. The number of hydrogen-bond acceptors (Lipinski definition) is 4. The number of nitrogens with one attached hydrogen (secondary N) is 2. The summed E-state index contributed by atoms with van der Waals surface area (Å²) in [5.41, 5.74) is 4.15. The average molecular weight is 433 g/mol. The third kappa shape index (κ3) is 4.85. The first-order chi connectivity index (χ1) is 15.5. The van der Waals surface area contributed by atoms with Crippen molar-refractivity contribution >= 4 is 5.96 Å². The second-order valence-electron chi connectivity index (χ2n) is 7.42. The predicted octanol–water partition coefficient (Wildman–Crippen LogP) is 4.15. The van der Waals surface area contributed by atoms with Gasteiger partial charge in [0.1, 0.15) is 17.9 Å². The van der Waals surface area contributed by atoms with E-state index in [0.29, 0.717) is 30.6 Å². The molecule has 2 heterocycles. The van der Waals surface area contributed by atoms with Gasteiger partial charge in [-0.3, -0.25) is 4.99 Å². The molecule has 4 rings (SSSR count). The fourth-order valence-electron chi connectivity index (χ4n) is 3.29. The normalized spacial score (nSPS) is 11.6. The fourth-order valence-corrected chi connectivity index (χ4v) is 3.29. The number of benzene rings is 2. The van der Waals surface area contributed by atoms with Crippen molar-refractivity contribution in [1.82, 2.24) is 25.2 Å². The van der Waals surface area contributed by atoms with Crippen LogP contribution in [0.4, 0.5) is 4.39 Å². The zero-order valence-electron chi connectivity index (χ0n) is 18.3. The molecule has 4 aromatic rings. The molecule has 0 saturated carbocycles. The summed E-state index contributed by atoms with van der Waals surface area (Å²) in [5.74, 6) is 1.59. The van der Waals surface area contributed by atoms with Gasteiger partial charge in [0.25, 0.3) is 0 Å². The van der Waals surface area contributed by atoms with Crippen LogP contribution in [0.15, 0.2) is 70.5 Å². The quantitative estimate of drug-likeness (QED) is 0.353. The van der Waals surface area contributed by atoms with Crippen molar-refractivity contribution < 1.29 is 8.81 Å². The third-order valence-electron chi connectivity index (χ3n) is 5.07. The van der Waals surface area contributed by atoms with Crippen molar-refractivity contribution in [2.75, 3.05) is 7.05 Å². The molecule has 2 aromatic heterocycles. The van der Waals surface area contributed by atoms with Crippen LogP contribution >= 0.6 is 0 Å². The van der Waals surface area contributed by atoms with E-state index in [-0.39, 0.29) is 5.82 Å². The van der Waals surface area contributed by atoms with Gasteiger partial charge >= 0.3 is 0 Å². The summed E-state index contributed by atoms with van der Waals surface area (Å²) in [6.45, 7) is 4.75. The number of aromatic nitrogens is 3. The molecule has 0 spiro atoms. The second-order valence-corrected chi connectivity index (χ2v) is 7.42. The van der Waals surface area contributed by atoms with Crippen LogP contribution in [0.3, 0.4) is 0 Å². The number of hydrogen-bond donors (Lipinski definition) is 2. The molecule has 7 nitrogen and oxygen atoms in total. The van der Waals surface area contributed by atoms with Gasteiger partial charge in [-0.1, -0.05) is 23.8 Å². The van der Waals surface area contributed by atoms with Gasteiger partial charge in [0.05, 0.1) is 17.9 Å². The highest BCUT2D eigenvalue weighted by molar-refractivity contribution is 5.79. The van der Waals surface area contributed by atoms with Gasteiger partial charge in [-0.15, -0.1) is 0 Å². The molecule has 32 heavy (non-hydrogen) atoms. The molecular formula is C24H25FN6O. The Labute approximate surface area is 186 Å². The first-order valence-corrected chi connectivity index (χ1v) is 10.3. The number of halogens is 1. The van der Waals surface area contributed by atoms with Crippen molar-refractivity contribution in [3.8, 4) is 17.1 Å². The second kappa shape index (κ2) is 9.47. The number of aliphatic imine (C=N–C) groups is 1. The van der Waals surface area contributed by atoms with Crippen molar-refractivity contribution in [1.29, 1.82) is 0 Å². The van der Waals surface area contributed by atoms with E-state index >= 15 is 0 Å². The molecule has 0 aliphatic heterocycles. The lowest BCUT2D eigenvalue weighted by molar-refractivity contribution is 0.572. The SMILES string of the molecule is CN=C(NCc1ccc(-n2ccnc2C)c(F)c1)NCc1coc(-c2ccc(C)cc2)n1. The lowest BCUT2D eigenvalue weighted by Crippen LogP contribution is -2.36. The minimum Gasteiger partial charge on any atom is -0.444 e. The van der Waals surface area contributed by atoms with Crippen LogP contribution in [0, 0.1) is 19.7 Å². The topological polar surface area (TPSA) is 80.3 Å². The Hall–Kier alpha value is -3.94. The van der Waals surface area contributed by atoms with Crippen molar-refractivity contribution in [2.24, 2.45) is 4.99 Å². The Balaban J connectivity index is 1.33. The van der Waals surface area contributed by atoms with Gasteiger partial charge in [0, 0.05) is 31.5 Å². The molecule has 0 unspecified atom stereocenters. The van der Waals surface area contributed by atoms with E-state index in [9.17, 15) is 4.39 Å². The van der Waals surface area contributed by atoms with Gasteiger partial charge in [0.15, 0.2) is 5.96 Å². The van der Waals surface area contributed by atoms with Crippen LogP contribution in [0.2, 0.25) is 0 Å². The van der Waals surface area contributed by atoms with E-state index in [0.717, 1.165) is 22.6 Å². The van der Waals surface area contributed by atoms with Gasteiger partial charge in [-0.05, 0) is 43.7 Å². The van der Waals surface area contributed by atoms with E-state index in [4.69, 9.17) is 4.42 Å². The first-order valence-electron chi connectivity index (χ1n) is 10.3.